The van der Waals surface area contributed by atoms with Crippen LogP contribution in [0.3, 0.4) is 0 Å². The zero-order chi connectivity index (χ0) is 30.7. The second-order valence-electron chi connectivity index (χ2n) is 10.1. The van der Waals surface area contributed by atoms with Crippen molar-refractivity contribution in [2.45, 2.75) is 61.5 Å². The summed E-state index contributed by atoms with van der Waals surface area (Å²) in [6.07, 6.45) is -2.29. The lowest BCUT2D eigenvalue weighted by molar-refractivity contribution is -0.137. The lowest BCUT2D eigenvalue weighted by Gasteiger charge is -2.32. The number of piperidine rings is 1. The van der Waals surface area contributed by atoms with E-state index in [9.17, 15) is 35.3 Å². The molecule has 42 heavy (non-hydrogen) atoms. The fourth-order valence-corrected chi connectivity index (χ4v) is 6.62. The molecule has 1 aliphatic heterocycles. The number of aryl methyl sites for hydroxylation is 2. The number of nitrogens with zero attached hydrogens (tertiary/aromatic N) is 5. The second kappa shape index (κ2) is 13.1. The molecule has 16 heteroatoms. The molecule has 0 radical (unpaired) electrons. The smallest absolute Gasteiger partial charge is 0.416 e. The summed E-state index contributed by atoms with van der Waals surface area (Å²) < 4.78 is 89.7. The number of hydrogen-bond acceptors (Lipinski definition) is 7. The number of aromatic nitrogens is 4. The number of amides is 1. The Balaban J connectivity index is 1.29. The number of hydrogen-bond donors (Lipinski definition) is 1. The van der Waals surface area contributed by atoms with Crippen molar-refractivity contribution >= 4 is 27.1 Å². The lowest BCUT2D eigenvalue weighted by atomic mass is 9.94. The Labute approximate surface area is 243 Å². The molecule has 4 rings (SSSR count). The summed E-state index contributed by atoms with van der Waals surface area (Å²) in [5, 5.41) is 16.6. The summed E-state index contributed by atoms with van der Waals surface area (Å²) in [5.41, 5.74) is 0.154. The van der Waals surface area contributed by atoms with Crippen LogP contribution in [0.5, 0.6) is 0 Å². The Bertz CT molecular complexity index is 1530. The van der Waals surface area contributed by atoms with E-state index in [0.717, 1.165) is 30.3 Å². The zero-order valence-electron chi connectivity index (χ0n) is 22.7. The van der Waals surface area contributed by atoms with Crippen molar-refractivity contribution in [2.24, 2.45) is 11.1 Å². The molecule has 3 aromatic rings. The maximum atomic E-state index is 14.3. The number of primary sulfonamides is 1. The average Bonchev–Trinajstić information content (AvgIpc) is 3.34. The van der Waals surface area contributed by atoms with E-state index in [1.807, 2.05) is 0 Å². The van der Waals surface area contributed by atoms with Crippen LogP contribution >= 0.6 is 0 Å². The summed E-state index contributed by atoms with van der Waals surface area (Å²) >= 11 is -1.67. The van der Waals surface area contributed by atoms with Crippen LogP contribution in [0.25, 0.3) is 0 Å². The van der Waals surface area contributed by atoms with Gasteiger partial charge in [0.15, 0.2) is 16.5 Å². The number of benzene rings is 2. The second-order valence-corrected chi connectivity index (χ2v) is 13.2. The predicted molar refractivity (Wildman–Crippen MR) is 144 cm³/mol. The zero-order valence-corrected chi connectivity index (χ0v) is 24.3. The minimum absolute atomic E-state index is 0.0127. The van der Waals surface area contributed by atoms with Crippen LogP contribution < -0.4 is 5.14 Å². The van der Waals surface area contributed by atoms with Gasteiger partial charge in [-0.05, 0) is 96.4 Å². The van der Waals surface area contributed by atoms with Gasteiger partial charge in [0.2, 0.25) is 15.9 Å². The molecule has 228 valence electrons. The number of carbonyl (C=O) groups excluding carboxylic acids is 1. The number of carbonyl (C=O) groups is 1. The number of nitrogens with two attached hydrogens (primary N) is 1. The number of alkyl halides is 3. The molecule has 0 spiro atoms. The molecular formula is C26H30F4N6O4S2. The van der Waals surface area contributed by atoms with Gasteiger partial charge in [0.05, 0.1) is 17.0 Å². The fourth-order valence-electron chi connectivity index (χ4n) is 4.83. The molecule has 1 unspecified atom stereocenters. The van der Waals surface area contributed by atoms with Crippen molar-refractivity contribution in [3.05, 3.63) is 64.7 Å². The highest BCUT2D eigenvalue weighted by molar-refractivity contribution is 7.91. The molecule has 2 heterocycles. The van der Waals surface area contributed by atoms with Gasteiger partial charge < -0.3 is 9.45 Å². The minimum atomic E-state index is -4.52. The van der Waals surface area contributed by atoms with Gasteiger partial charge in [0.1, 0.15) is 5.75 Å². The van der Waals surface area contributed by atoms with Crippen LogP contribution in [-0.4, -0.2) is 62.8 Å². The maximum Gasteiger partial charge on any atom is 0.416 e. The van der Waals surface area contributed by atoms with Crippen molar-refractivity contribution in [3.8, 4) is 0 Å². The Kier molecular flexibility index (Phi) is 9.90. The molecule has 1 aromatic heterocycles. The van der Waals surface area contributed by atoms with Crippen molar-refractivity contribution < 1.29 is 35.3 Å². The topological polar surface area (TPSA) is 147 Å². The van der Waals surface area contributed by atoms with Crippen LogP contribution in [0.15, 0.2) is 46.2 Å². The van der Waals surface area contributed by atoms with E-state index in [0.29, 0.717) is 49.3 Å². The molecule has 1 aliphatic rings. The van der Waals surface area contributed by atoms with Gasteiger partial charge in [0.25, 0.3) is 0 Å². The number of halogens is 4. The van der Waals surface area contributed by atoms with Gasteiger partial charge in [-0.15, -0.1) is 10.2 Å². The summed E-state index contributed by atoms with van der Waals surface area (Å²) in [5.74, 6) is -0.274. The standard InChI is InChI=1S/C26H30F4N6O4S2/c1-17-32-34-36(33-17)16-20-14-21(26(28,29)30)4-2-19(20)3-7-25(37)35-11-8-18(9-12-35)10-13-41(38)24-6-5-22(15-23(24)27)42(31,39)40/h2,4-6,14-15,18H,3,7-13,16H2,1H3,(H2,31,39,40). The van der Waals surface area contributed by atoms with Crippen molar-refractivity contribution in [1.82, 2.24) is 25.1 Å². The molecule has 0 aliphatic carbocycles. The highest BCUT2D eigenvalue weighted by Gasteiger charge is 2.31. The highest BCUT2D eigenvalue weighted by atomic mass is 32.2. The van der Waals surface area contributed by atoms with E-state index < -0.39 is 43.7 Å². The summed E-state index contributed by atoms with van der Waals surface area (Å²) in [4.78, 5) is 15.4. The monoisotopic (exact) mass is 630 g/mol. The third-order valence-corrected chi connectivity index (χ3v) is 9.50. The van der Waals surface area contributed by atoms with Gasteiger partial charge >= 0.3 is 6.18 Å². The van der Waals surface area contributed by atoms with Gasteiger partial charge in [-0.1, -0.05) is 6.07 Å². The van der Waals surface area contributed by atoms with Crippen molar-refractivity contribution in [1.29, 1.82) is 0 Å². The third kappa shape index (κ3) is 8.26. The first kappa shape index (κ1) is 31.8. The normalized spacial score (nSPS) is 15.6. The first-order valence-corrected chi connectivity index (χ1v) is 16.0. The number of likely N-dealkylation sites (tertiary alicyclic amines) is 1. The Hall–Kier alpha value is -3.08. The molecule has 2 aromatic carbocycles. The molecular weight excluding hydrogens is 600 g/mol. The highest BCUT2D eigenvalue weighted by Crippen LogP contribution is 2.31. The van der Waals surface area contributed by atoms with Crippen LogP contribution in [0, 0.1) is 18.7 Å². The summed E-state index contributed by atoms with van der Waals surface area (Å²) in [7, 11) is -4.07. The number of sulfonamides is 1. The van der Waals surface area contributed by atoms with Gasteiger partial charge in [0, 0.05) is 19.5 Å². The van der Waals surface area contributed by atoms with Gasteiger partial charge in [-0.2, -0.15) is 18.0 Å². The van der Waals surface area contributed by atoms with E-state index >= 15 is 0 Å². The summed E-state index contributed by atoms with van der Waals surface area (Å²) in [6.45, 7) is 2.57. The van der Waals surface area contributed by atoms with E-state index in [1.165, 1.54) is 10.9 Å². The Morgan fingerprint density at radius 2 is 1.86 bits per heavy atom. The van der Waals surface area contributed by atoms with Crippen LogP contribution in [0.2, 0.25) is 0 Å². The average molecular weight is 631 g/mol. The first-order valence-electron chi connectivity index (χ1n) is 13.1. The molecule has 0 saturated carbocycles. The largest absolute Gasteiger partial charge is 0.611 e. The number of rotatable bonds is 10. The van der Waals surface area contributed by atoms with E-state index in [2.05, 4.69) is 15.4 Å². The molecule has 1 saturated heterocycles. The molecule has 1 fully saturated rings. The Morgan fingerprint density at radius 3 is 2.45 bits per heavy atom. The minimum Gasteiger partial charge on any atom is -0.611 e. The lowest BCUT2D eigenvalue weighted by Crippen LogP contribution is -2.39. The first-order chi connectivity index (χ1) is 19.7. The van der Waals surface area contributed by atoms with E-state index in [1.54, 1.807) is 11.8 Å². The summed E-state index contributed by atoms with van der Waals surface area (Å²) in [6, 6.07) is 6.47. The molecule has 2 N–H and O–H groups in total. The van der Waals surface area contributed by atoms with Gasteiger partial charge in [-0.3, -0.25) is 4.79 Å². The molecule has 0 bridgehead atoms. The Morgan fingerprint density at radius 1 is 1.14 bits per heavy atom. The predicted octanol–water partition coefficient (Wildman–Crippen LogP) is 3.20. The van der Waals surface area contributed by atoms with Crippen molar-refractivity contribution in [3.63, 3.8) is 0 Å². The van der Waals surface area contributed by atoms with Crippen LogP contribution in [0.1, 0.15) is 48.2 Å². The van der Waals surface area contributed by atoms with Crippen LogP contribution in [0.4, 0.5) is 17.6 Å². The molecule has 1 amide bonds. The number of tetrazole rings is 1. The van der Waals surface area contributed by atoms with E-state index in [-0.39, 0.29) is 41.9 Å². The van der Waals surface area contributed by atoms with Gasteiger partial charge in [-0.25, -0.2) is 17.9 Å². The van der Waals surface area contributed by atoms with Crippen LogP contribution in [-0.2, 0) is 45.1 Å². The quantitative estimate of drug-likeness (QED) is 0.267. The molecule has 1 atom stereocenters. The maximum absolute atomic E-state index is 14.3. The fraction of sp³-hybridized carbons (Fsp3) is 0.462. The molecule has 10 nitrogen and oxygen atoms in total. The SMILES string of the molecule is Cc1nnn(Cc2cc(C(F)(F)F)ccc2CCC(=O)N2CCC(CC[S+]([O-])c3ccc(S(N)(=O)=O)cc3F)CC2)n1. The third-order valence-electron chi connectivity index (χ3n) is 7.16. The van der Waals surface area contributed by atoms with E-state index in [4.69, 9.17) is 5.14 Å². The van der Waals surface area contributed by atoms with Crippen molar-refractivity contribution in [2.75, 3.05) is 18.8 Å².